The van der Waals surface area contributed by atoms with E-state index in [0.29, 0.717) is 19.7 Å². The molecule has 0 radical (unpaired) electrons. The number of nitrogens with zero attached hydrogens (tertiary/aromatic N) is 1. The third-order valence-electron chi connectivity index (χ3n) is 3.47. The lowest BCUT2D eigenvalue weighted by molar-refractivity contribution is -0.117. The monoisotopic (exact) mass is 345 g/mol. The summed E-state index contributed by atoms with van der Waals surface area (Å²) in [4.78, 5) is 11.9. The van der Waals surface area contributed by atoms with E-state index in [4.69, 9.17) is 14.7 Å². The lowest BCUT2D eigenvalue weighted by atomic mass is 10.2. The highest BCUT2D eigenvalue weighted by Gasteiger charge is 2.07. The normalized spacial score (nSPS) is 10.8. The smallest absolute Gasteiger partial charge is 0.263 e. The second-order valence-electron chi connectivity index (χ2n) is 5.47. The first-order valence-corrected chi connectivity index (χ1v) is 8.53. The molecule has 6 nitrogen and oxygen atoms in total. The van der Waals surface area contributed by atoms with Gasteiger partial charge in [-0.05, 0) is 30.5 Å². The van der Waals surface area contributed by atoms with E-state index in [2.05, 4.69) is 17.6 Å². The summed E-state index contributed by atoms with van der Waals surface area (Å²) in [5.74, 6) is 0.411. The molecular weight excluding hydrogens is 318 g/mol. The number of rotatable bonds is 12. The molecule has 0 aromatic heterocycles. The van der Waals surface area contributed by atoms with E-state index in [1.807, 2.05) is 30.3 Å². The number of ether oxygens (including phenoxy) is 2. The van der Waals surface area contributed by atoms with Crippen LogP contribution >= 0.6 is 0 Å². The van der Waals surface area contributed by atoms with Crippen LogP contribution in [0.4, 0.5) is 0 Å². The van der Waals surface area contributed by atoms with Gasteiger partial charge >= 0.3 is 0 Å². The van der Waals surface area contributed by atoms with E-state index in [0.717, 1.165) is 37.2 Å². The summed E-state index contributed by atoms with van der Waals surface area (Å²) in [6.45, 7) is 4.49. The minimum atomic E-state index is -0.377. The molecular formula is C19H27N3O3. The summed E-state index contributed by atoms with van der Waals surface area (Å²) in [6, 6.07) is 9.48. The molecule has 1 rings (SSSR count). The highest BCUT2D eigenvalue weighted by molar-refractivity contribution is 5.97. The van der Waals surface area contributed by atoms with Crippen LogP contribution in [0, 0.1) is 11.3 Å². The van der Waals surface area contributed by atoms with Gasteiger partial charge in [0.15, 0.2) is 0 Å². The van der Waals surface area contributed by atoms with Crippen molar-refractivity contribution in [1.29, 1.82) is 5.26 Å². The molecule has 0 unspecified atom stereocenters. The van der Waals surface area contributed by atoms with Crippen molar-refractivity contribution in [2.45, 2.75) is 32.7 Å². The van der Waals surface area contributed by atoms with Crippen LogP contribution in [0.25, 0.3) is 0 Å². The number of hydrogen-bond acceptors (Lipinski definition) is 5. The molecule has 136 valence electrons. The fourth-order valence-electron chi connectivity index (χ4n) is 1.98. The molecule has 1 aromatic carbocycles. The zero-order chi connectivity index (χ0) is 18.3. The maximum atomic E-state index is 11.9. The van der Waals surface area contributed by atoms with Crippen molar-refractivity contribution in [1.82, 2.24) is 10.6 Å². The summed E-state index contributed by atoms with van der Waals surface area (Å²) in [5, 5.41) is 14.8. The number of carbonyl (C=O) groups is 1. The summed E-state index contributed by atoms with van der Waals surface area (Å²) in [6.07, 6.45) is 4.33. The maximum absolute atomic E-state index is 11.9. The number of carbonyl (C=O) groups excluding carboxylic acids is 1. The van der Waals surface area contributed by atoms with E-state index in [1.54, 1.807) is 7.11 Å². The zero-order valence-electron chi connectivity index (χ0n) is 15.0. The van der Waals surface area contributed by atoms with Crippen molar-refractivity contribution in [2.24, 2.45) is 0 Å². The molecule has 0 fully saturated rings. The molecule has 25 heavy (non-hydrogen) atoms. The van der Waals surface area contributed by atoms with Gasteiger partial charge in [0.2, 0.25) is 0 Å². The van der Waals surface area contributed by atoms with Crippen LogP contribution < -0.4 is 15.4 Å². The summed E-state index contributed by atoms with van der Waals surface area (Å²) < 4.78 is 10.5. The Bertz CT molecular complexity index is 577. The molecule has 0 aliphatic heterocycles. The van der Waals surface area contributed by atoms with Crippen LogP contribution in [0.3, 0.4) is 0 Å². The molecule has 0 spiro atoms. The maximum Gasteiger partial charge on any atom is 0.263 e. The summed E-state index contributed by atoms with van der Waals surface area (Å²) >= 11 is 0. The first kappa shape index (κ1) is 20.5. The summed E-state index contributed by atoms with van der Waals surface area (Å²) in [7, 11) is 1.62. The predicted octanol–water partition coefficient (Wildman–Crippen LogP) is 2.52. The lowest BCUT2D eigenvalue weighted by Crippen LogP contribution is -2.27. The number of nitrogens with one attached hydrogen (secondary N) is 2. The van der Waals surface area contributed by atoms with Crippen LogP contribution in [0.1, 0.15) is 31.7 Å². The first-order valence-electron chi connectivity index (χ1n) is 8.53. The molecule has 0 aliphatic rings. The van der Waals surface area contributed by atoms with Crippen LogP contribution in [-0.4, -0.2) is 32.8 Å². The van der Waals surface area contributed by atoms with Crippen LogP contribution in [0.2, 0.25) is 0 Å². The molecule has 0 bridgehead atoms. The molecule has 0 saturated carbocycles. The number of methoxy groups -OCH3 is 1. The minimum absolute atomic E-state index is 0.0559. The molecule has 2 N–H and O–H groups in total. The van der Waals surface area contributed by atoms with Crippen molar-refractivity contribution >= 4 is 5.91 Å². The highest BCUT2D eigenvalue weighted by Crippen LogP contribution is 2.10. The second-order valence-corrected chi connectivity index (χ2v) is 5.47. The highest BCUT2D eigenvalue weighted by atomic mass is 16.5. The van der Waals surface area contributed by atoms with Gasteiger partial charge in [-0.2, -0.15) is 5.26 Å². The van der Waals surface area contributed by atoms with Gasteiger partial charge in [0.05, 0.1) is 7.11 Å². The van der Waals surface area contributed by atoms with E-state index in [-0.39, 0.29) is 11.5 Å². The van der Waals surface area contributed by atoms with Gasteiger partial charge in [-0.3, -0.25) is 4.79 Å². The van der Waals surface area contributed by atoms with Gasteiger partial charge in [-0.1, -0.05) is 25.5 Å². The van der Waals surface area contributed by atoms with E-state index < -0.39 is 0 Å². The summed E-state index contributed by atoms with van der Waals surface area (Å²) in [5.41, 5.74) is 1.08. The second kappa shape index (κ2) is 12.8. The largest absolute Gasteiger partial charge is 0.497 e. The Balaban J connectivity index is 2.29. The van der Waals surface area contributed by atoms with Crippen LogP contribution in [0.5, 0.6) is 5.75 Å². The van der Waals surface area contributed by atoms with Crippen molar-refractivity contribution < 1.29 is 14.3 Å². The van der Waals surface area contributed by atoms with Gasteiger partial charge in [0, 0.05) is 32.5 Å². The van der Waals surface area contributed by atoms with Gasteiger partial charge in [0.1, 0.15) is 17.4 Å². The number of unbranched alkanes of at least 4 members (excludes halogenated alkanes) is 1. The molecule has 1 aromatic rings. The van der Waals surface area contributed by atoms with E-state index >= 15 is 0 Å². The van der Waals surface area contributed by atoms with Gasteiger partial charge in [0.25, 0.3) is 5.91 Å². The third kappa shape index (κ3) is 8.77. The SMILES string of the molecule is CCCCOCCCNC(=O)/C(C#N)=C\NCc1ccc(OC)cc1. The fraction of sp³-hybridized carbons (Fsp3) is 0.474. The van der Waals surface area contributed by atoms with Crippen molar-refractivity contribution in [2.75, 3.05) is 26.9 Å². The number of nitriles is 1. The van der Waals surface area contributed by atoms with Gasteiger partial charge in [-0.15, -0.1) is 0 Å². The molecule has 6 heteroatoms. The Morgan fingerprint density at radius 1 is 1.24 bits per heavy atom. The van der Waals surface area contributed by atoms with Crippen LogP contribution in [0.15, 0.2) is 36.0 Å². The predicted molar refractivity (Wildman–Crippen MR) is 96.9 cm³/mol. The number of amides is 1. The quantitative estimate of drug-likeness (QED) is 0.345. The minimum Gasteiger partial charge on any atom is -0.497 e. The standard InChI is InChI=1S/C19H27N3O3/c1-3-4-11-25-12-5-10-22-19(23)17(13-20)15-21-14-16-6-8-18(24-2)9-7-16/h6-9,15,21H,3-5,10-12,14H2,1-2H3,(H,22,23)/b17-15-. The van der Waals surface area contributed by atoms with Crippen LogP contribution in [-0.2, 0) is 16.1 Å². The Hall–Kier alpha value is -2.52. The first-order chi connectivity index (χ1) is 12.2. The zero-order valence-corrected chi connectivity index (χ0v) is 15.0. The van der Waals surface area contributed by atoms with Gasteiger partial charge in [-0.25, -0.2) is 0 Å². The molecule has 0 aliphatic carbocycles. The molecule has 0 saturated heterocycles. The Kier molecular flexibility index (Phi) is 10.5. The van der Waals surface area contributed by atoms with E-state index in [9.17, 15) is 4.79 Å². The molecule has 0 atom stereocenters. The molecule has 1 amide bonds. The van der Waals surface area contributed by atoms with E-state index in [1.165, 1.54) is 6.20 Å². The number of hydrogen-bond donors (Lipinski definition) is 2. The van der Waals surface area contributed by atoms with Crippen molar-refractivity contribution in [3.63, 3.8) is 0 Å². The number of benzene rings is 1. The van der Waals surface area contributed by atoms with Crippen molar-refractivity contribution in [3.05, 3.63) is 41.6 Å². The average molecular weight is 345 g/mol. The Morgan fingerprint density at radius 3 is 2.60 bits per heavy atom. The Labute approximate surface area is 149 Å². The average Bonchev–Trinajstić information content (AvgIpc) is 2.65. The fourth-order valence-corrected chi connectivity index (χ4v) is 1.98. The van der Waals surface area contributed by atoms with Gasteiger partial charge < -0.3 is 20.1 Å². The van der Waals surface area contributed by atoms with Crippen molar-refractivity contribution in [3.8, 4) is 11.8 Å². The molecule has 0 heterocycles. The Morgan fingerprint density at radius 2 is 1.96 bits per heavy atom. The third-order valence-corrected chi connectivity index (χ3v) is 3.47. The topological polar surface area (TPSA) is 83.4 Å². The lowest BCUT2D eigenvalue weighted by Gasteiger charge is -2.06.